The van der Waals surface area contributed by atoms with Crippen molar-refractivity contribution >= 4 is 5.69 Å². The fraction of sp³-hybridized carbons (Fsp3) is 0.333. The highest BCUT2D eigenvalue weighted by molar-refractivity contribution is 5.55. The standard InChI is InChI=1S/C9H12N2O2/c10-6-11-7-1-2-8-9(5-7)13-4-3-12-8/h1-2,5,11H,3-4,6,10H2. The van der Waals surface area contributed by atoms with Crippen LogP contribution < -0.4 is 20.5 Å². The van der Waals surface area contributed by atoms with Crippen LogP contribution in [0, 0.1) is 0 Å². The first kappa shape index (κ1) is 8.19. The lowest BCUT2D eigenvalue weighted by molar-refractivity contribution is 0.171. The van der Waals surface area contributed by atoms with E-state index < -0.39 is 0 Å². The largest absolute Gasteiger partial charge is 0.486 e. The Morgan fingerprint density at radius 2 is 2.00 bits per heavy atom. The van der Waals surface area contributed by atoms with E-state index in [1.54, 1.807) is 0 Å². The molecule has 13 heavy (non-hydrogen) atoms. The van der Waals surface area contributed by atoms with Gasteiger partial charge in [0.2, 0.25) is 0 Å². The Morgan fingerprint density at radius 3 is 2.77 bits per heavy atom. The lowest BCUT2D eigenvalue weighted by Gasteiger charge is -2.18. The summed E-state index contributed by atoms with van der Waals surface area (Å²) in [7, 11) is 0. The Kier molecular flexibility index (Phi) is 2.23. The Labute approximate surface area is 76.6 Å². The maximum atomic E-state index is 5.40. The van der Waals surface area contributed by atoms with Crippen molar-refractivity contribution in [1.82, 2.24) is 0 Å². The first-order valence-corrected chi connectivity index (χ1v) is 4.24. The number of rotatable bonds is 2. The van der Waals surface area contributed by atoms with Crippen LogP contribution in [-0.2, 0) is 0 Å². The molecule has 1 heterocycles. The van der Waals surface area contributed by atoms with Gasteiger partial charge in [0.15, 0.2) is 11.5 Å². The van der Waals surface area contributed by atoms with E-state index in [2.05, 4.69) is 5.32 Å². The van der Waals surface area contributed by atoms with Gasteiger partial charge >= 0.3 is 0 Å². The lowest BCUT2D eigenvalue weighted by Crippen LogP contribution is -2.16. The average molecular weight is 180 g/mol. The summed E-state index contributed by atoms with van der Waals surface area (Å²) in [5, 5.41) is 3.00. The van der Waals surface area contributed by atoms with E-state index in [0.717, 1.165) is 17.2 Å². The molecule has 0 aliphatic carbocycles. The third-order valence-electron chi connectivity index (χ3n) is 1.85. The first-order chi connectivity index (χ1) is 6.40. The van der Waals surface area contributed by atoms with Crippen LogP contribution in [0.1, 0.15) is 0 Å². The second kappa shape index (κ2) is 3.53. The molecular weight excluding hydrogens is 168 g/mol. The monoisotopic (exact) mass is 180 g/mol. The molecule has 0 bridgehead atoms. The first-order valence-electron chi connectivity index (χ1n) is 4.24. The smallest absolute Gasteiger partial charge is 0.163 e. The molecule has 0 amide bonds. The summed E-state index contributed by atoms with van der Waals surface area (Å²) < 4.78 is 10.8. The molecule has 0 spiro atoms. The van der Waals surface area contributed by atoms with Gasteiger partial charge in [0.1, 0.15) is 13.2 Å². The quantitative estimate of drug-likeness (QED) is 0.660. The van der Waals surface area contributed by atoms with Crippen LogP contribution in [0.4, 0.5) is 5.69 Å². The summed E-state index contributed by atoms with van der Waals surface area (Å²) >= 11 is 0. The fourth-order valence-corrected chi connectivity index (χ4v) is 1.27. The second-order valence-electron chi connectivity index (χ2n) is 2.74. The van der Waals surface area contributed by atoms with Crippen LogP contribution in [0.5, 0.6) is 11.5 Å². The van der Waals surface area contributed by atoms with Gasteiger partial charge in [0, 0.05) is 11.8 Å². The number of anilines is 1. The summed E-state index contributed by atoms with van der Waals surface area (Å²) in [6, 6.07) is 5.69. The van der Waals surface area contributed by atoms with Gasteiger partial charge in [-0.3, -0.25) is 0 Å². The molecular formula is C9H12N2O2. The van der Waals surface area contributed by atoms with Crippen molar-refractivity contribution in [3.05, 3.63) is 18.2 Å². The zero-order valence-corrected chi connectivity index (χ0v) is 7.25. The molecule has 4 nitrogen and oxygen atoms in total. The lowest BCUT2D eigenvalue weighted by atomic mass is 10.2. The molecule has 70 valence electrons. The van der Waals surface area contributed by atoms with E-state index in [1.807, 2.05) is 18.2 Å². The van der Waals surface area contributed by atoms with E-state index in [1.165, 1.54) is 0 Å². The number of hydrogen-bond donors (Lipinski definition) is 2. The molecule has 1 aliphatic rings. The highest BCUT2D eigenvalue weighted by Gasteiger charge is 2.10. The number of nitrogens with two attached hydrogens (primary N) is 1. The van der Waals surface area contributed by atoms with Crippen LogP contribution in [0.25, 0.3) is 0 Å². The molecule has 2 rings (SSSR count). The van der Waals surface area contributed by atoms with Crippen LogP contribution in [0.3, 0.4) is 0 Å². The van der Waals surface area contributed by atoms with E-state index in [4.69, 9.17) is 15.2 Å². The summed E-state index contributed by atoms with van der Waals surface area (Å²) in [6.07, 6.45) is 0. The summed E-state index contributed by atoms with van der Waals surface area (Å²) in [5.74, 6) is 1.58. The summed E-state index contributed by atoms with van der Waals surface area (Å²) in [6.45, 7) is 1.65. The third kappa shape index (κ3) is 1.67. The molecule has 0 atom stereocenters. The van der Waals surface area contributed by atoms with Gasteiger partial charge in [-0.15, -0.1) is 0 Å². The number of fused-ring (bicyclic) bond motifs is 1. The maximum Gasteiger partial charge on any atom is 0.163 e. The number of benzene rings is 1. The highest BCUT2D eigenvalue weighted by atomic mass is 16.6. The molecule has 0 saturated carbocycles. The van der Waals surface area contributed by atoms with Gasteiger partial charge in [0.25, 0.3) is 0 Å². The van der Waals surface area contributed by atoms with Gasteiger partial charge in [-0.2, -0.15) is 0 Å². The van der Waals surface area contributed by atoms with Crippen molar-refractivity contribution in [3.8, 4) is 11.5 Å². The van der Waals surface area contributed by atoms with Crippen molar-refractivity contribution in [2.75, 3.05) is 25.2 Å². The van der Waals surface area contributed by atoms with Crippen molar-refractivity contribution in [3.63, 3.8) is 0 Å². The van der Waals surface area contributed by atoms with E-state index in [-0.39, 0.29) is 0 Å². The van der Waals surface area contributed by atoms with Gasteiger partial charge in [-0.05, 0) is 12.1 Å². The minimum atomic E-state index is 0.416. The summed E-state index contributed by atoms with van der Waals surface area (Å²) in [5.41, 5.74) is 6.30. The average Bonchev–Trinajstić information content (AvgIpc) is 2.18. The minimum absolute atomic E-state index is 0.416. The molecule has 0 saturated heterocycles. The second-order valence-corrected chi connectivity index (χ2v) is 2.74. The number of nitrogens with one attached hydrogen (secondary N) is 1. The summed E-state index contributed by atoms with van der Waals surface area (Å²) in [4.78, 5) is 0. The van der Waals surface area contributed by atoms with Crippen molar-refractivity contribution < 1.29 is 9.47 Å². The molecule has 1 aromatic rings. The van der Waals surface area contributed by atoms with Crippen molar-refractivity contribution in [2.24, 2.45) is 5.73 Å². The minimum Gasteiger partial charge on any atom is -0.486 e. The highest BCUT2D eigenvalue weighted by Crippen LogP contribution is 2.32. The Bertz CT molecular complexity index is 302. The van der Waals surface area contributed by atoms with E-state index in [9.17, 15) is 0 Å². The molecule has 0 fully saturated rings. The normalized spacial score (nSPS) is 13.9. The molecule has 0 aromatic heterocycles. The van der Waals surface area contributed by atoms with Crippen molar-refractivity contribution in [1.29, 1.82) is 0 Å². The van der Waals surface area contributed by atoms with Gasteiger partial charge in [0.05, 0.1) is 6.67 Å². The van der Waals surface area contributed by atoms with Gasteiger partial charge < -0.3 is 20.5 Å². The number of ether oxygens (including phenoxy) is 2. The topological polar surface area (TPSA) is 56.5 Å². The molecule has 0 radical (unpaired) electrons. The van der Waals surface area contributed by atoms with Crippen LogP contribution in [-0.4, -0.2) is 19.9 Å². The molecule has 4 heteroatoms. The zero-order chi connectivity index (χ0) is 9.10. The Morgan fingerprint density at radius 1 is 1.23 bits per heavy atom. The van der Waals surface area contributed by atoms with Crippen LogP contribution >= 0.6 is 0 Å². The predicted molar refractivity (Wildman–Crippen MR) is 50.1 cm³/mol. The Balaban J connectivity index is 2.24. The van der Waals surface area contributed by atoms with E-state index >= 15 is 0 Å². The fourth-order valence-electron chi connectivity index (χ4n) is 1.27. The SMILES string of the molecule is NCNc1ccc2c(c1)OCCO2. The number of hydrogen-bond acceptors (Lipinski definition) is 4. The van der Waals surface area contributed by atoms with Crippen molar-refractivity contribution in [2.45, 2.75) is 0 Å². The molecule has 3 N–H and O–H groups in total. The predicted octanol–water partition coefficient (Wildman–Crippen LogP) is 0.786. The third-order valence-corrected chi connectivity index (χ3v) is 1.85. The van der Waals surface area contributed by atoms with Crippen LogP contribution in [0.2, 0.25) is 0 Å². The molecule has 1 aliphatic heterocycles. The maximum absolute atomic E-state index is 5.40. The molecule has 0 unspecified atom stereocenters. The van der Waals surface area contributed by atoms with Crippen LogP contribution in [0.15, 0.2) is 18.2 Å². The van der Waals surface area contributed by atoms with Gasteiger partial charge in [-0.25, -0.2) is 0 Å². The zero-order valence-electron chi connectivity index (χ0n) is 7.25. The molecule has 1 aromatic carbocycles. The Hall–Kier alpha value is -1.42. The van der Waals surface area contributed by atoms with Gasteiger partial charge in [-0.1, -0.05) is 0 Å². The van der Waals surface area contributed by atoms with E-state index in [0.29, 0.717) is 19.9 Å².